The summed E-state index contributed by atoms with van der Waals surface area (Å²) in [5.41, 5.74) is 17.1. The van der Waals surface area contributed by atoms with E-state index in [4.69, 9.17) is 16.5 Å². The minimum Gasteiger partial charge on any atom is -0.397 e. The van der Waals surface area contributed by atoms with Gasteiger partial charge in [-0.1, -0.05) is 0 Å². The van der Waals surface area contributed by atoms with Crippen molar-refractivity contribution in [3.8, 4) is 11.4 Å². The first-order valence-electron chi connectivity index (χ1n) is 9.15. The summed E-state index contributed by atoms with van der Waals surface area (Å²) in [4.78, 5) is 13.1. The smallest absolute Gasteiger partial charge is 0.138 e. The molecule has 1 aliphatic heterocycles. The third kappa shape index (κ3) is 3.08. The number of aromatic amines is 1. The minimum atomic E-state index is 0.576. The van der Waals surface area contributed by atoms with Crippen LogP contribution in [0.5, 0.6) is 0 Å². The first-order valence-corrected chi connectivity index (χ1v) is 9.15. The second kappa shape index (κ2) is 6.53. The molecule has 26 heavy (non-hydrogen) atoms. The lowest BCUT2D eigenvalue weighted by Crippen LogP contribution is -2.48. The van der Waals surface area contributed by atoms with E-state index in [1.807, 2.05) is 18.2 Å². The molecule has 0 amide bonds. The van der Waals surface area contributed by atoms with E-state index in [9.17, 15) is 0 Å². The van der Waals surface area contributed by atoms with Crippen LogP contribution in [0.25, 0.3) is 22.4 Å². The minimum absolute atomic E-state index is 0.576. The topological polar surface area (TPSA) is 87.2 Å². The van der Waals surface area contributed by atoms with E-state index in [1.165, 1.54) is 5.69 Å². The van der Waals surface area contributed by atoms with E-state index < -0.39 is 0 Å². The van der Waals surface area contributed by atoms with Crippen molar-refractivity contribution in [3.63, 3.8) is 0 Å². The maximum atomic E-state index is 5.93. The van der Waals surface area contributed by atoms with Gasteiger partial charge in [-0.15, -0.1) is 0 Å². The molecular formula is C20H26N6. The molecule has 0 spiro atoms. The number of piperazine rings is 1. The zero-order valence-corrected chi connectivity index (χ0v) is 15.4. The average molecular weight is 350 g/mol. The number of nitrogens with two attached hydrogens (primary N) is 2. The molecule has 3 aromatic rings. The summed E-state index contributed by atoms with van der Waals surface area (Å²) in [7, 11) is 0. The zero-order chi connectivity index (χ0) is 18.3. The lowest BCUT2D eigenvalue weighted by Gasteiger charge is -2.38. The van der Waals surface area contributed by atoms with Crippen molar-refractivity contribution in [2.45, 2.75) is 19.9 Å². The van der Waals surface area contributed by atoms with Crippen molar-refractivity contribution in [1.82, 2.24) is 14.9 Å². The number of aromatic nitrogens is 2. The molecule has 2 aromatic carbocycles. The number of H-pyrrole nitrogens is 1. The molecule has 4 rings (SSSR count). The maximum absolute atomic E-state index is 5.93. The number of imidazole rings is 1. The number of nitrogens with zero attached hydrogens (tertiary/aromatic N) is 3. The Labute approximate surface area is 153 Å². The zero-order valence-electron chi connectivity index (χ0n) is 15.4. The van der Waals surface area contributed by atoms with Crippen LogP contribution in [0.3, 0.4) is 0 Å². The van der Waals surface area contributed by atoms with Crippen LogP contribution in [0.2, 0.25) is 0 Å². The second-order valence-corrected chi connectivity index (χ2v) is 7.25. The molecule has 0 aliphatic carbocycles. The van der Waals surface area contributed by atoms with Gasteiger partial charge in [0, 0.05) is 43.5 Å². The summed E-state index contributed by atoms with van der Waals surface area (Å²) in [6.07, 6.45) is 0. The van der Waals surface area contributed by atoms with Gasteiger partial charge in [0.15, 0.2) is 0 Å². The highest BCUT2D eigenvalue weighted by Gasteiger charge is 2.19. The molecule has 1 saturated heterocycles. The van der Waals surface area contributed by atoms with Crippen LogP contribution in [-0.4, -0.2) is 47.1 Å². The van der Waals surface area contributed by atoms with Crippen LogP contribution < -0.4 is 16.4 Å². The van der Waals surface area contributed by atoms with Crippen LogP contribution in [0, 0.1) is 0 Å². The average Bonchev–Trinajstić information content (AvgIpc) is 3.07. The summed E-state index contributed by atoms with van der Waals surface area (Å²) in [5.74, 6) is 0.813. The summed E-state index contributed by atoms with van der Waals surface area (Å²) in [5, 5.41) is 0. The molecule has 0 saturated carbocycles. The Balaban J connectivity index is 1.59. The van der Waals surface area contributed by atoms with Crippen molar-refractivity contribution in [2.75, 3.05) is 42.5 Å². The van der Waals surface area contributed by atoms with Gasteiger partial charge in [0.25, 0.3) is 0 Å². The van der Waals surface area contributed by atoms with Gasteiger partial charge in [0.1, 0.15) is 5.82 Å². The molecule has 1 fully saturated rings. The first-order chi connectivity index (χ1) is 12.5. The summed E-state index contributed by atoms with van der Waals surface area (Å²) in [6.45, 7) is 8.83. The lowest BCUT2D eigenvalue weighted by atomic mass is 10.1. The largest absolute Gasteiger partial charge is 0.397 e. The molecule has 1 aromatic heterocycles. The fourth-order valence-electron chi connectivity index (χ4n) is 3.55. The maximum Gasteiger partial charge on any atom is 0.138 e. The number of nitrogens with one attached hydrogen (secondary N) is 1. The van der Waals surface area contributed by atoms with Crippen LogP contribution in [0.15, 0.2) is 36.4 Å². The highest BCUT2D eigenvalue weighted by atomic mass is 15.3. The molecule has 0 atom stereocenters. The molecule has 5 N–H and O–H groups in total. The number of nitrogen functional groups attached to an aromatic ring is 2. The molecule has 2 heterocycles. The van der Waals surface area contributed by atoms with Crippen molar-refractivity contribution in [1.29, 1.82) is 0 Å². The number of hydrogen-bond donors (Lipinski definition) is 3. The summed E-state index contributed by atoms with van der Waals surface area (Å²) in [6, 6.07) is 12.7. The Bertz CT molecular complexity index is 921. The summed E-state index contributed by atoms with van der Waals surface area (Å²) < 4.78 is 0. The fourth-order valence-corrected chi connectivity index (χ4v) is 3.55. The fraction of sp³-hybridized carbons (Fsp3) is 0.350. The van der Waals surface area contributed by atoms with Gasteiger partial charge >= 0.3 is 0 Å². The Kier molecular flexibility index (Phi) is 4.20. The van der Waals surface area contributed by atoms with Crippen LogP contribution in [0.4, 0.5) is 17.1 Å². The predicted molar refractivity (Wildman–Crippen MR) is 109 cm³/mol. The van der Waals surface area contributed by atoms with E-state index in [0.29, 0.717) is 17.4 Å². The van der Waals surface area contributed by atoms with Gasteiger partial charge in [-0.25, -0.2) is 4.98 Å². The molecule has 6 heteroatoms. The molecule has 136 valence electrons. The Morgan fingerprint density at radius 3 is 2.42 bits per heavy atom. The normalized spacial score (nSPS) is 15.9. The van der Waals surface area contributed by atoms with Gasteiger partial charge in [0.2, 0.25) is 0 Å². The Morgan fingerprint density at radius 1 is 0.962 bits per heavy atom. The Hall–Kier alpha value is -2.73. The van der Waals surface area contributed by atoms with Crippen molar-refractivity contribution >= 4 is 28.1 Å². The van der Waals surface area contributed by atoms with Crippen molar-refractivity contribution < 1.29 is 0 Å². The van der Waals surface area contributed by atoms with E-state index in [1.54, 1.807) is 0 Å². The van der Waals surface area contributed by atoms with Crippen molar-refractivity contribution in [2.24, 2.45) is 0 Å². The number of benzene rings is 2. The number of rotatable bonds is 3. The molecule has 0 unspecified atom stereocenters. The van der Waals surface area contributed by atoms with E-state index in [0.717, 1.165) is 48.6 Å². The van der Waals surface area contributed by atoms with E-state index >= 15 is 0 Å². The quantitative estimate of drug-likeness (QED) is 0.632. The first kappa shape index (κ1) is 16.7. The predicted octanol–water partition coefficient (Wildman–Crippen LogP) is 2.92. The van der Waals surface area contributed by atoms with Crippen molar-refractivity contribution in [3.05, 3.63) is 36.4 Å². The van der Waals surface area contributed by atoms with Gasteiger partial charge < -0.3 is 21.4 Å². The number of fused-ring (bicyclic) bond motifs is 1. The third-order valence-corrected chi connectivity index (χ3v) is 5.24. The highest BCUT2D eigenvalue weighted by Crippen LogP contribution is 2.27. The lowest BCUT2D eigenvalue weighted by molar-refractivity contribution is 0.209. The van der Waals surface area contributed by atoms with E-state index in [2.05, 4.69) is 46.8 Å². The monoisotopic (exact) mass is 350 g/mol. The van der Waals surface area contributed by atoms with Gasteiger partial charge in [0.05, 0.1) is 22.4 Å². The van der Waals surface area contributed by atoms with Crippen LogP contribution in [0.1, 0.15) is 13.8 Å². The summed E-state index contributed by atoms with van der Waals surface area (Å²) >= 11 is 0. The number of hydrogen-bond acceptors (Lipinski definition) is 5. The van der Waals surface area contributed by atoms with Gasteiger partial charge in [-0.05, 0) is 50.2 Å². The van der Waals surface area contributed by atoms with Crippen LogP contribution in [-0.2, 0) is 0 Å². The molecule has 0 radical (unpaired) electrons. The number of anilines is 3. The molecule has 6 nitrogen and oxygen atoms in total. The molecule has 1 aliphatic rings. The molecular weight excluding hydrogens is 324 g/mol. The van der Waals surface area contributed by atoms with Crippen LogP contribution >= 0.6 is 0 Å². The second-order valence-electron chi connectivity index (χ2n) is 7.25. The molecule has 0 bridgehead atoms. The van der Waals surface area contributed by atoms with E-state index in [-0.39, 0.29) is 0 Å². The Morgan fingerprint density at radius 2 is 1.73 bits per heavy atom. The standard InChI is InChI=1S/C20H26N6/c1-13(2)25-7-9-26(10-8-25)15-4-6-18-19(12-15)24-20(23-18)14-3-5-16(21)17(22)11-14/h3-6,11-13H,7-10,21-22H2,1-2H3,(H,23,24). The SMILES string of the molecule is CC(C)N1CCN(c2ccc3[nH]c(-c4ccc(N)c(N)c4)nc3c2)CC1. The van der Waals surface area contributed by atoms with Gasteiger partial charge in [-0.2, -0.15) is 0 Å². The van der Waals surface area contributed by atoms with Gasteiger partial charge in [-0.3, -0.25) is 4.90 Å². The highest BCUT2D eigenvalue weighted by molar-refractivity contribution is 5.84. The third-order valence-electron chi connectivity index (χ3n) is 5.24.